The fourth-order valence-electron chi connectivity index (χ4n) is 2.23. The van der Waals surface area contributed by atoms with Gasteiger partial charge in [0.05, 0.1) is 17.7 Å². The molecule has 0 amide bonds. The van der Waals surface area contributed by atoms with Crippen LogP contribution in [0.1, 0.15) is 43.6 Å². The number of pyridine rings is 1. The molecule has 0 saturated heterocycles. The van der Waals surface area contributed by atoms with Gasteiger partial charge in [-0.25, -0.2) is 0 Å². The van der Waals surface area contributed by atoms with Gasteiger partial charge in [-0.3, -0.25) is 9.78 Å². The van der Waals surface area contributed by atoms with Crippen LogP contribution >= 0.6 is 0 Å². The van der Waals surface area contributed by atoms with E-state index in [1.54, 1.807) is 18.5 Å². The number of aromatic nitrogens is 1. The molecule has 0 spiro atoms. The smallest absolute Gasteiger partial charge is 0.174 e. The first-order valence-electron chi connectivity index (χ1n) is 7.13. The molecule has 0 aliphatic carbocycles. The van der Waals surface area contributed by atoms with E-state index in [1.807, 2.05) is 58.0 Å². The number of hydrogen-bond acceptors (Lipinski definition) is 3. The molecule has 3 nitrogen and oxygen atoms in total. The quantitative estimate of drug-likeness (QED) is 0.778. The van der Waals surface area contributed by atoms with Gasteiger partial charge in [-0.2, -0.15) is 0 Å². The molecule has 0 bridgehead atoms. The number of hydrogen-bond donors (Lipinski definition) is 0. The van der Waals surface area contributed by atoms with Crippen molar-refractivity contribution in [3.05, 3.63) is 59.9 Å². The van der Waals surface area contributed by atoms with Crippen molar-refractivity contribution >= 4 is 5.78 Å². The number of Topliss-reactive ketones (excluding diaryl/α,β-unsaturated/α-hetero) is 1. The maximum Gasteiger partial charge on any atom is 0.174 e. The molecule has 3 heteroatoms. The molecule has 1 aromatic heterocycles. The Balaban J connectivity index is 2.31. The maximum absolute atomic E-state index is 12.8. The molecule has 0 atom stereocenters. The van der Waals surface area contributed by atoms with E-state index in [1.165, 1.54) is 0 Å². The Morgan fingerprint density at radius 1 is 1.14 bits per heavy atom. The van der Waals surface area contributed by atoms with E-state index in [4.69, 9.17) is 4.74 Å². The Morgan fingerprint density at radius 3 is 2.43 bits per heavy atom. The van der Waals surface area contributed by atoms with Crippen molar-refractivity contribution in [2.24, 2.45) is 0 Å². The van der Waals surface area contributed by atoms with Gasteiger partial charge in [-0.1, -0.05) is 30.3 Å². The van der Waals surface area contributed by atoms with Gasteiger partial charge in [0.15, 0.2) is 5.78 Å². The third kappa shape index (κ3) is 3.48. The number of carbonyl (C=O) groups is 1. The van der Waals surface area contributed by atoms with Crippen molar-refractivity contribution < 1.29 is 9.53 Å². The normalized spacial score (nSPS) is 11.5. The molecule has 1 heterocycles. The van der Waals surface area contributed by atoms with Crippen LogP contribution in [0.4, 0.5) is 0 Å². The highest BCUT2D eigenvalue weighted by Gasteiger charge is 2.30. The zero-order valence-corrected chi connectivity index (χ0v) is 13.0. The molecule has 0 radical (unpaired) electrons. The van der Waals surface area contributed by atoms with E-state index in [-0.39, 0.29) is 11.9 Å². The third-order valence-corrected chi connectivity index (χ3v) is 3.41. The highest BCUT2D eigenvalue weighted by molar-refractivity contribution is 6.03. The molecular weight excluding hydrogens is 262 g/mol. The van der Waals surface area contributed by atoms with Gasteiger partial charge in [0.2, 0.25) is 0 Å². The topological polar surface area (TPSA) is 39.2 Å². The van der Waals surface area contributed by atoms with Crippen LogP contribution in [0, 0.1) is 0 Å². The second-order valence-electron chi connectivity index (χ2n) is 5.90. The van der Waals surface area contributed by atoms with Crippen LogP contribution in [-0.2, 0) is 5.41 Å². The molecule has 21 heavy (non-hydrogen) atoms. The highest BCUT2D eigenvalue weighted by atomic mass is 16.5. The van der Waals surface area contributed by atoms with Crippen LogP contribution in [0.25, 0.3) is 0 Å². The highest BCUT2D eigenvalue weighted by Crippen LogP contribution is 2.28. The van der Waals surface area contributed by atoms with Gasteiger partial charge in [-0.05, 0) is 39.3 Å². The Hall–Kier alpha value is -2.16. The summed E-state index contributed by atoms with van der Waals surface area (Å²) in [4.78, 5) is 16.9. The Bertz CT molecular complexity index is 618. The molecule has 0 aliphatic heterocycles. The summed E-state index contributed by atoms with van der Waals surface area (Å²) in [7, 11) is 0. The second kappa shape index (κ2) is 6.08. The number of rotatable bonds is 5. The maximum atomic E-state index is 12.8. The lowest BCUT2D eigenvalue weighted by Crippen LogP contribution is -2.29. The van der Waals surface area contributed by atoms with Crippen LogP contribution < -0.4 is 4.74 Å². The third-order valence-electron chi connectivity index (χ3n) is 3.41. The van der Waals surface area contributed by atoms with Crippen LogP contribution in [0.5, 0.6) is 5.75 Å². The summed E-state index contributed by atoms with van der Waals surface area (Å²) >= 11 is 0. The van der Waals surface area contributed by atoms with Gasteiger partial charge < -0.3 is 4.74 Å². The minimum atomic E-state index is -0.598. The number of benzene rings is 1. The van der Waals surface area contributed by atoms with Gasteiger partial charge in [0.1, 0.15) is 5.75 Å². The minimum absolute atomic E-state index is 0.0374. The summed E-state index contributed by atoms with van der Waals surface area (Å²) in [5.74, 6) is 0.662. The van der Waals surface area contributed by atoms with Gasteiger partial charge in [0, 0.05) is 11.8 Å². The van der Waals surface area contributed by atoms with Crippen molar-refractivity contribution in [2.75, 3.05) is 0 Å². The van der Waals surface area contributed by atoms with Crippen molar-refractivity contribution in [3.63, 3.8) is 0 Å². The lowest BCUT2D eigenvalue weighted by Gasteiger charge is -2.24. The summed E-state index contributed by atoms with van der Waals surface area (Å²) in [5, 5.41) is 0. The lowest BCUT2D eigenvalue weighted by molar-refractivity contribution is 0.0907. The monoisotopic (exact) mass is 283 g/mol. The van der Waals surface area contributed by atoms with Crippen LogP contribution in [-0.4, -0.2) is 16.9 Å². The van der Waals surface area contributed by atoms with Crippen molar-refractivity contribution in [1.29, 1.82) is 0 Å². The van der Waals surface area contributed by atoms with Crippen molar-refractivity contribution in [2.45, 2.75) is 39.2 Å². The average molecular weight is 283 g/mol. The lowest BCUT2D eigenvalue weighted by atomic mass is 9.78. The van der Waals surface area contributed by atoms with Crippen LogP contribution in [0.15, 0.2) is 48.8 Å². The van der Waals surface area contributed by atoms with Crippen LogP contribution in [0.2, 0.25) is 0 Å². The largest absolute Gasteiger partial charge is 0.489 e. The molecule has 2 rings (SSSR count). The molecule has 0 N–H and O–H groups in total. The fraction of sp³-hybridized carbons (Fsp3) is 0.333. The Morgan fingerprint density at radius 2 is 1.81 bits per heavy atom. The Kier molecular flexibility index (Phi) is 4.41. The van der Waals surface area contributed by atoms with E-state index in [9.17, 15) is 4.79 Å². The second-order valence-corrected chi connectivity index (χ2v) is 5.90. The zero-order valence-electron chi connectivity index (χ0n) is 13.0. The average Bonchev–Trinajstić information content (AvgIpc) is 2.47. The number of ether oxygens (including phenoxy) is 1. The molecule has 0 fully saturated rings. The number of ketones is 1. The van der Waals surface area contributed by atoms with E-state index >= 15 is 0 Å². The summed E-state index contributed by atoms with van der Waals surface area (Å²) in [6, 6.07) is 11.5. The zero-order chi connectivity index (χ0) is 15.5. The predicted octanol–water partition coefficient (Wildman–Crippen LogP) is 4.03. The molecule has 0 saturated carbocycles. The molecule has 1 aromatic carbocycles. The first-order valence-corrected chi connectivity index (χ1v) is 7.13. The van der Waals surface area contributed by atoms with Gasteiger partial charge >= 0.3 is 0 Å². The first-order chi connectivity index (χ1) is 9.91. The van der Waals surface area contributed by atoms with Gasteiger partial charge in [0.25, 0.3) is 0 Å². The number of nitrogens with zero attached hydrogens (tertiary/aromatic N) is 1. The van der Waals surface area contributed by atoms with E-state index in [0.717, 1.165) is 5.56 Å². The molecule has 2 aromatic rings. The first kappa shape index (κ1) is 15.2. The summed E-state index contributed by atoms with van der Waals surface area (Å²) < 4.78 is 5.61. The SMILES string of the molecule is CC(C)Oc1cncc(C(=O)C(C)(C)c2ccccc2)c1. The molecule has 110 valence electrons. The summed E-state index contributed by atoms with van der Waals surface area (Å²) in [6.07, 6.45) is 3.28. The molecular formula is C18H21NO2. The predicted molar refractivity (Wildman–Crippen MR) is 83.8 cm³/mol. The fourth-order valence-corrected chi connectivity index (χ4v) is 2.23. The van der Waals surface area contributed by atoms with E-state index in [2.05, 4.69) is 4.98 Å². The number of carbonyl (C=O) groups excluding carboxylic acids is 1. The molecule has 0 aliphatic rings. The van der Waals surface area contributed by atoms with E-state index < -0.39 is 5.41 Å². The standard InChI is InChI=1S/C18H21NO2/c1-13(2)21-16-10-14(11-19-12-16)17(20)18(3,4)15-8-6-5-7-9-15/h5-13H,1-4H3. The van der Waals surface area contributed by atoms with Gasteiger partial charge in [-0.15, -0.1) is 0 Å². The Labute approximate surface area is 126 Å². The van der Waals surface area contributed by atoms with E-state index in [0.29, 0.717) is 11.3 Å². The van der Waals surface area contributed by atoms with Crippen LogP contribution in [0.3, 0.4) is 0 Å². The van der Waals surface area contributed by atoms with Crippen molar-refractivity contribution in [3.8, 4) is 5.75 Å². The van der Waals surface area contributed by atoms with Crippen molar-refractivity contribution in [1.82, 2.24) is 4.98 Å². The minimum Gasteiger partial charge on any atom is -0.489 e. The molecule has 0 unspecified atom stereocenters. The summed E-state index contributed by atoms with van der Waals surface area (Å²) in [6.45, 7) is 7.76. The summed E-state index contributed by atoms with van der Waals surface area (Å²) in [5.41, 5.74) is 0.964.